The van der Waals surface area contributed by atoms with Crippen molar-refractivity contribution in [3.05, 3.63) is 42.7 Å². The second-order valence-electron chi connectivity index (χ2n) is 5.94. The minimum absolute atomic E-state index is 0.136. The van der Waals surface area contributed by atoms with Gasteiger partial charge in [-0.05, 0) is 25.0 Å². The van der Waals surface area contributed by atoms with Gasteiger partial charge >= 0.3 is 0 Å². The van der Waals surface area contributed by atoms with E-state index in [4.69, 9.17) is 9.26 Å². The molecule has 1 N–H and O–H groups in total. The molecule has 1 saturated carbocycles. The van der Waals surface area contributed by atoms with Crippen LogP contribution in [0.15, 0.2) is 41.3 Å². The number of hydrogen-bond donors (Lipinski definition) is 1. The average Bonchev–Trinajstić information content (AvgIpc) is 3.16. The highest BCUT2D eigenvalue weighted by molar-refractivity contribution is 5.90. The smallest absolute Gasteiger partial charge is 0.244 e. The lowest BCUT2D eigenvalue weighted by Crippen LogP contribution is -2.17. The molecule has 0 radical (unpaired) electrons. The van der Waals surface area contributed by atoms with Gasteiger partial charge in [-0.1, -0.05) is 11.2 Å². The zero-order chi connectivity index (χ0) is 17.2. The van der Waals surface area contributed by atoms with Gasteiger partial charge in [0.05, 0.1) is 13.4 Å². The number of rotatable bonds is 6. The van der Waals surface area contributed by atoms with Crippen LogP contribution in [0, 0.1) is 0 Å². The van der Waals surface area contributed by atoms with Crippen LogP contribution < -0.4 is 10.1 Å². The molecule has 0 unspecified atom stereocenters. The van der Waals surface area contributed by atoms with Gasteiger partial charge in [0.15, 0.2) is 0 Å². The van der Waals surface area contributed by atoms with Crippen molar-refractivity contribution in [3.63, 3.8) is 0 Å². The highest BCUT2D eigenvalue weighted by Gasteiger charge is 2.30. The number of benzene rings is 1. The predicted molar refractivity (Wildman–Crippen MR) is 89.1 cm³/mol. The van der Waals surface area contributed by atoms with Gasteiger partial charge in [-0.15, -0.1) is 0 Å². The van der Waals surface area contributed by atoms with E-state index in [9.17, 15) is 4.79 Å². The summed E-state index contributed by atoms with van der Waals surface area (Å²) in [6.07, 6.45) is 5.50. The van der Waals surface area contributed by atoms with E-state index in [1.807, 2.05) is 12.1 Å². The maximum Gasteiger partial charge on any atom is 0.244 e. The van der Waals surface area contributed by atoms with Gasteiger partial charge < -0.3 is 19.1 Å². The quantitative estimate of drug-likeness (QED) is 0.741. The first kappa shape index (κ1) is 15.4. The van der Waals surface area contributed by atoms with Gasteiger partial charge in [0.25, 0.3) is 0 Å². The third-order valence-electron chi connectivity index (χ3n) is 3.91. The summed E-state index contributed by atoms with van der Waals surface area (Å²) in [6.45, 7) is 0.136. The Kier molecular flexibility index (Phi) is 3.93. The van der Waals surface area contributed by atoms with Crippen molar-refractivity contribution in [1.82, 2.24) is 19.7 Å². The van der Waals surface area contributed by atoms with Crippen LogP contribution in [0.4, 0.5) is 5.69 Å². The molecule has 0 atom stereocenters. The number of anilines is 1. The van der Waals surface area contributed by atoms with Gasteiger partial charge in [-0.25, -0.2) is 4.98 Å². The molecule has 0 spiro atoms. The van der Waals surface area contributed by atoms with E-state index in [0.29, 0.717) is 34.8 Å². The summed E-state index contributed by atoms with van der Waals surface area (Å²) in [5, 5.41) is 6.77. The summed E-state index contributed by atoms with van der Waals surface area (Å²) in [7, 11) is 1.58. The fraction of sp³-hybridized carbons (Fsp3) is 0.294. The molecule has 1 aromatic carbocycles. The molecular formula is C17H17N5O3. The minimum Gasteiger partial charge on any atom is -0.497 e. The number of carbonyl (C=O) groups is 1. The Balaban J connectivity index is 1.40. The van der Waals surface area contributed by atoms with Crippen molar-refractivity contribution in [1.29, 1.82) is 0 Å². The van der Waals surface area contributed by atoms with E-state index in [1.54, 1.807) is 36.3 Å². The summed E-state index contributed by atoms with van der Waals surface area (Å²) >= 11 is 0. The van der Waals surface area contributed by atoms with Crippen LogP contribution in [-0.2, 0) is 11.3 Å². The molecule has 1 amide bonds. The van der Waals surface area contributed by atoms with Crippen LogP contribution in [0.5, 0.6) is 5.75 Å². The first-order chi connectivity index (χ1) is 12.2. The molecular weight excluding hydrogens is 322 g/mol. The predicted octanol–water partition coefficient (Wildman–Crippen LogP) is 2.46. The fourth-order valence-electron chi connectivity index (χ4n) is 2.46. The Hall–Kier alpha value is -3.16. The number of hydrogen-bond acceptors (Lipinski definition) is 6. The van der Waals surface area contributed by atoms with E-state index in [-0.39, 0.29) is 12.5 Å². The summed E-state index contributed by atoms with van der Waals surface area (Å²) in [6, 6.07) is 7.20. The van der Waals surface area contributed by atoms with E-state index < -0.39 is 0 Å². The van der Waals surface area contributed by atoms with E-state index in [1.165, 1.54) is 0 Å². The lowest BCUT2D eigenvalue weighted by Gasteiger charge is -2.07. The minimum atomic E-state index is -0.163. The molecule has 0 aliphatic heterocycles. The monoisotopic (exact) mass is 339 g/mol. The maximum absolute atomic E-state index is 12.2. The number of aromatic nitrogens is 4. The first-order valence-electron chi connectivity index (χ1n) is 8.01. The van der Waals surface area contributed by atoms with Crippen LogP contribution >= 0.6 is 0 Å². The molecule has 1 aliphatic rings. The molecule has 2 heterocycles. The highest BCUT2D eigenvalue weighted by Crippen LogP contribution is 2.39. The van der Waals surface area contributed by atoms with Crippen molar-refractivity contribution < 1.29 is 14.1 Å². The van der Waals surface area contributed by atoms with Crippen LogP contribution in [0.2, 0.25) is 0 Å². The van der Waals surface area contributed by atoms with E-state index >= 15 is 0 Å². The van der Waals surface area contributed by atoms with Crippen molar-refractivity contribution in [2.24, 2.45) is 0 Å². The molecule has 0 saturated heterocycles. The van der Waals surface area contributed by atoms with E-state index in [0.717, 1.165) is 12.8 Å². The molecule has 8 nitrogen and oxygen atoms in total. The Morgan fingerprint density at radius 3 is 3.12 bits per heavy atom. The van der Waals surface area contributed by atoms with Gasteiger partial charge in [0.2, 0.25) is 17.6 Å². The number of carbonyl (C=O) groups excluding carboxylic acids is 1. The Labute approximate surface area is 143 Å². The summed E-state index contributed by atoms with van der Waals surface area (Å²) in [5.41, 5.74) is 1.27. The number of nitrogens with zero attached hydrogens (tertiary/aromatic N) is 4. The second-order valence-corrected chi connectivity index (χ2v) is 5.94. The number of nitrogens with one attached hydrogen (secondary N) is 1. The molecule has 8 heteroatoms. The molecule has 1 fully saturated rings. The number of methoxy groups -OCH3 is 1. The molecule has 0 bridgehead atoms. The summed E-state index contributed by atoms with van der Waals surface area (Å²) in [4.78, 5) is 20.8. The zero-order valence-corrected chi connectivity index (χ0v) is 13.7. The fourth-order valence-corrected chi connectivity index (χ4v) is 2.46. The molecule has 25 heavy (non-hydrogen) atoms. The topological polar surface area (TPSA) is 95.1 Å². The van der Waals surface area contributed by atoms with Gasteiger partial charge in [-0.2, -0.15) is 4.98 Å². The van der Waals surface area contributed by atoms with Crippen molar-refractivity contribution in [2.45, 2.75) is 25.3 Å². The van der Waals surface area contributed by atoms with E-state index in [2.05, 4.69) is 20.4 Å². The summed E-state index contributed by atoms with van der Waals surface area (Å²) in [5.74, 6) is 2.04. The Morgan fingerprint density at radius 1 is 1.44 bits per heavy atom. The SMILES string of the molecule is COc1cccc(NC(=O)Cn2cnc(-c3noc(C4CC4)n3)c2)c1. The lowest BCUT2D eigenvalue weighted by atomic mass is 10.3. The van der Waals surface area contributed by atoms with Crippen LogP contribution in [0.3, 0.4) is 0 Å². The van der Waals surface area contributed by atoms with Gasteiger partial charge in [0, 0.05) is 23.9 Å². The second kappa shape index (κ2) is 6.39. The number of amides is 1. The molecule has 128 valence electrons. The molecule has 2 aromatic heterocycles. The lowest BCUT2D eigenvalue weighted by molar-refractivity contribution is -0.116. The Morgan fingerprint density at radius 2 is 2.32 bits per heavy atom. The van der Waals surface area contributed by atoms with Crippen LogP contribution in [-0.4, -0.2) is 32.7 Å². The number of imidazole rings is 1. The summed E-state index contributed by atoms with van der Waals surface area (Å²) < 4.78 is 12.1. The maximum atomic E-state index is 12.2. The highest BCUT2D eigenvalue weighted by atomic mass is 16.5. The zero-order valence-electron chi connectivity index (χ0n) is 13.7. The van der Waals surface area contributed by atoms with Crippen molar-refractivity contribution in [2.75, 3.05) is 12.4 Å². The molecule has 3 aromatic rings. The van der Waals surface area contributed by atoms with Crippen molar-refractivity contribution in [3.8, 4) is 17.3 Å². The van der Waals surface area contributed by atoms with Gasteiger partial charge in [0.1, 0.15) is 18.0 Å². The third kappa shape index (κ3) is 3.52. The van der Waals surface area contributed by atoms with Crippen LogP contribution in [0.25, 0.3) is 11.5 Å². The Bertz CT molecular complexity index is 897. The van der Waals surface area contributed by atoms with Crippen LogP contribution in [0.1, 0.15) is 24.7 Å². The van der Waals surface area contributed by atoms with Gasteiger partial charge in [-0.3, -0.25) is 4.79 Å². The average molecular weight is 339 g/mol. The molecule has 1 aliphatic carbocycles. The standard InChI is InChI=1S/C17H17N5O3/c1-24-13-4-2-3-12(7-13)19-15(23)9-22-8-14(18-10-22)16-20-17(25-21-16)11-5-6-11/h2-4,7-8,10-11H,5-6,9H2,1H3,(H,19,23). The third-order valence-corrected chi connectivity index (χ3v) is 3.91. The number of ether oxygens (including phenoxy) is 1. The largest absolute Gasteiger partial charge is 0.497 e. The normalized spacial score (nSPS) is 13.6. The molecule has 4 rings (SSSR count). The van der Waals surface area contributed by atoms with Crippen molar-refractivity contribution >= 4 is 11.6 Å². The first-order valence-corrected chi connectivity index (χ1v) is 8.01.